The Morgan fingerprint density at radius 2 is 1.86 bits per heavy atom. The summed E-state index contributed by atoms with van der Waals surface area (Å²) in [5.74, 6) is 0.184. The van der Waals surface area contributed by atoms with Gasteiger partial charge in [-0.1, -0.05) is 23.8 Å². The Labute approximate surface area is 166 Å². The first-order valence-electron chi connectivity index (χ1n) is 8.90. The average Bonchev–Trinajstić information content (AvgIpc) is 3.14. The Morgan fingerprint density at radius 3 is 2.43 bits per heavy atom. The number of halogens is 4. The third-order valence-electron chi connectivity index (χ3n) is 5.02. The monoisotopic (exact) mass is 436 g/mol. The van der Waals surface area contributed by atoms with Gasteiger partial charge in [0, 0.05) is 32.6 Å². The molecule has 0 spiro atoms. The third kappa shape index (κ3) is 4.52. The molecule has 1 aromatic carbocycles. The lowest BCUT2D eigenvalue weighted by Gasteiger charge is -2.34. The molecule has 0 bridgehead atoms. The van der Waals surface area contributed by atoms with E-state index in [0.717, 1.165) is 29.3 Å². The molecule has 0 radical (unpaired) electrons. The van der Waals surface area contributed by atoms with Crippen molar-refractivity contribution in [1.29, 1.82) is 0 Å². The van der Waals surface area contributed by atoms with Crippen molar-refractivity contribution in [2.45, 2.75) is 30.3 Å². The second kappa shape index (κ2) is 8.04. The van der Waals surface area contributed by atoms with Crippen LogP contribution in [0.3, 0.4) is 0 Å². The second-order valence-corrected chi connectivity index (χ2v) is 9.21. The third-order valence-corrected chi connectivity index (χ3v) is 7.40. The molecular weight excluding hydrogens is 417 g/mol. The fraction of sp³-hybridized carbons (Fsp3) is 0.500. The fourth-order valence-corrected chi connectivity index (χ4v) is 5.34. The van der Waals surface area contributed by atoms with Crippen molar-refractivity contribution >= 4 is 27.5 Å². The van der Waals surface area contributed by atoms with Crippen LogP contribution in [0.15, 0.2) is 35.2 Å². The summed E-state index contributed by atoms with van der Waals surface area (Å²) in [6.45, 7) is 0.429. The van der Waals surface area contributed by atoms with Crippen LogP contribution in [-0.4, -0.2) is 49.7 Å². The van der Waals surface area contributed by atoms with Gasteiger partial charge in [-0.2, -0.15) is 17.5 Å². The van der Waals surface area contributed by atoms with Gasteiger partial charge < -0.3 is 4.90 Å². The van der Waals surface area contributed by atoms with E-state index in [1.807, 2.05) is 12.2 Å². The van der Waals surface area contributed by atoms with Crippen LogP contribution in [0, 0.1) is 5.92 Å². The van der Waals surface area contributed by atoms with E-state index in [1.54, 1.807) is 4.90 Å². The topological polar surface area (TPSA) is 57.7 Å². The number of hydrogen-bond acceptors (Lipinski definition) is 3. The summed E-state index contributed by atoms with van der Waals surface area (Å²) in [7, 11) is -4.19. The zero-order chi connectivity index (χ0) is 20.5. The molecule has 0 N–H and O–H groups in total. The van der Waals surface area contributed by atoms with Gasteiger partial charge in [-0.05, 0) is 37.0 Å². The molecule has 1 saturated heterocycles. The molecule has 0 aromatic heterocycles. The highest BCUT2D eigenvalue weighted by atomic mass is 35.5. The smallest absolute Gasteiger partial charge is 0.340 e. The summed E-state index contributed by atoms with van der Waals surface area (Å²) in [5, 5.41) is -0.264. The summed E-state index contributed by atoms with van der Waals surface area (Å²) in [4.78, 5) is 13.4. The number of piperazine rings is 1. The minimum atomic E-state index is -4.67. The van der Waals surface area contributed by atoms with Crippen LogP contribution < -0.4 is 0 Å². The number of sulfonamides is 1. The van der Waals surface area contributed by atoms with Crippen molar-refractivity contribution < 1.29 is 26.4 Å². The van der Waals surface area contributed by atoms with E-state index in [9.17, 15) is 26.4 Å². The van der Waals surface area contributed by atoms with Gasteiger partial charge in [-0.25, -0.2) is 8.42 Å². The Kier molecular flexibility index (Phi) is 6.07. The van der Waals surface area contributed by atoms with E-state index in [2.05, 4.69) is 0 Å². The van der Waals surface area contributed by atoms with Crippen molar-refractivity contribution in [3.8, 4) is 0 Å². The van der Waals surface area contributed by atoms with Crippen molar-refractivity contribution in [3.63, 3.8) is 0 Å². The molecule has 1 heterocycles. The molecule has 154 valence electrons. The van der Waals surface area contributed by atoms with Gasteiger partial charge >= 0.3 is 6.18 Å². The molecule has 0 saturated carbocycles. The van der Waals surface area contributed by atoms with Crippen LogP contribution in [0.4, 0.5) is 13.2 Å². The van der Waals surface area contributed by atoms with Crippen LogP contribution in [-0.2, 0) is 21.0 Å². The SMILES string of the molecule is O=C(CC1C=CCC1)N1CCN(S(=O)(=O)c2cc(C(F)(F)F)ccc2Cl)CC1. The lowest BCUT2D eigenvalue weighted by Crippen LogP contribution is -2.50. The summed E-state index contributed by atoms with van der Waals surface area (Å²) >= 11 is 5.88. The Bertz CT molecular complexity index is 879. The number of carbonyl (C=O) groups is 1. The number of hydrogen-bond donors (Lipinski definition) is 0. The first-order chi connectivity index (χ1) is 13.1. The van der Waals surface area contributed by atoms with Gasteiger partial charge in [0.15, 0.2) is 0 Å². The van der Waals surface area contributed by atoms with Crippen molar-refractivity contribution in [3.05, 3.63) is 40.9 Å². The molecule has 1 aliphatic heterocycles. The van der Waals surface area contributed by atoms with E-state index in [4.69, 9.17) is 11.6 Å². The minimum Gasteiger partial charge on any atom is -0.340 e. The predicted molar refractivity (Wildman–Crippen MR) is 98.3 cm³/mol. The van der Waals surface area contributed by atoms with Gasteiger partial charge in [0.05, 0.1) is 10.6 Å². The highest BCUT2D eigenvalue weighted by molar-refractivity contribution is 7.89. The average molecular weight is 437 g/mol. The van der Waals surface area contributed by atoms with Gasteiger partial charge in [0.25, 0.3) is 0 Å². The summed E-state index contributed by atoms with van der Waals surface area (Å²) in [6.07, 6.45) is 1.68. The maximum atomic E-state index is 12.9. The highest BCUT2D eigenvalue weighted by Crippen LogP contribution is 2.34. The normalized spacial score (nSPS) is 21.3. The van der Waals surface area contributed by atoms with Crippen LogP contribution in [0.25, 0.3) is 0 Å². The van der Waals surface area contributed by atoms with Crippen LogP contribution in [0.2, 0.25) is 5.02 Å². The lowest BCUT2D eigenvalue weighted by molar-refractivity contribution is -0.137. The molecule has 1 unspecified atom stereocenters. The molecule has 1 aromatic rings. The minimum absolute atomic E-state index is 0.0150. The molecule has 3 rings (SSSR count). The van der Waals surface area contributed by atoms with Gasteiger partial charge in [0.2, 0.25) is 15.9 Å². The van der Waals surface area contributed by atoms with Crippen LogP contribution >= 0.6 is 11.6 Å². The Hall–Kier alpha value is -1.58. The first kappa shape index (κ1) is 21.1. The van der Waals surface area contributed by atoms with Gasteiger partial charge in [0.1, 0.15) is 4.90 Å². The van der Waals surface area contributed by atoms with Gasteiger partial charge in [-0.15, -0.1) is 0 Å². The molecule has 10 heteroatoms. The standard InChI is InChI=1S/C18H20ClF3N2O3S/c19-15-6-5-14(18(20,21)22)12-16(15)28(26,27)24-9-7-23(8-10-24)17(25)11-13-3-1-2-4-13/h1,3,5-6,12-13H,2,4,7-11H2. The molecular formula is C18H20ClF3N2O3S. The van der Waals surface area contributed by atoms with Crippen molar-refractivity contribution in [2.75, 3.05) is 26.2 Å². The van der Waals surface area contributed by atoms with E-state index >= 15 is 0 Å². The zero-order valence-electron chi connectivity index (χ0n) is 15.0. The van der Waals surface area contributed by atoms with E-state index < -0.39 is 26.7 Å². The van der Waals surface area contributed by atoms with E-state index in [-0.39, 0.29) is 43.0 Å². The predicted octanol–water partition coefficient (Wildman–Crippen LogP) is 3.55. The molecule has 1 atom stereocenters. The largest absolute Gasteiger partial charge is 0.416 e. The number of benzene rings is 1. The van der Waals surface area contributed by atoms with Crippen LogP contribution in [0.5, 0.6) is 0 Å². The molecule has 1 amide bonds. The quantitative estimate of drug-likeness (QED) is 0.678. The molecule has 1 aliphatic carbocycles. The Morgan fingerprint density at radius 1 is 1.18 bits per heavy atom. The van der Waals surface area contributed by atoms with Crippen molar-refractivity contribution in [2.24, 2.45) is 5.92 Å². The summed E-state index contributed by atoms with van der Waals surface area (Å²) in [5.41, 5.74) is -1.08. The fourth-order valence-electron chi connectivity index (χ4n) is 3.41. The second-order valence-electron chi connectivity index (χ2n) is 6.90. The zero-order valence-corrected chi connectivity index (χ0v) is 16.5. The van der Waals surface area contributed by atoms with E-state index in [1.165, 1.54) is 0 Å². The van der Waals surface area contributed by atoms with E-state index in [0.29, 0.717) is 12.5 Å². The summed E-state index contributed by atoms with van der Waals surface area (Å²) < 4.78 is 65.5. The number of alkyl halides is 3. The highest BCUT2D eigenvalue weighted by Gasteiger charge is 2.36. The van der Waals surface area contributed by atoms with Gasteiger partial charge in [-0.3, -0.25) is 4.79 Å². The Balaban J connectivity index is 1.69. The van der Waals surface area contributed by atoms with Crippen molar-refractivity contribution in [1.82, 2.24) is 9.21 Å². The number of amides is 1. The molecule has 1 fully saturated rings. The molecule has 28 heavy (non-hydrogen) atoms. The summed E-state index contributed by atoms with van der Waals surface area (Å²) in [6, 6.07) is 2.24. The number of allylic oxidation sites excluding steroid dienone is 2. The lowest BCUT2D eigenvalue weighted by atomic mass is 10.0. The number of nitrogens with zero attached hydrogens (tertiary/aromatic N) is 2. The maximum absolute atomic E-state index is 12.9. The first-order valence-corrected chi connectivity index (χ1v) is 10.7. The number of carbonyl (C=O) groups excluding carboxylic acids is 1. The maximum Gasteiger partial charge on any atom is 0.416 e. The molecule has 5 nitrogen and oxygen atoms in total. The van der Waals surface area contributed by atoms with Crippen LogP contribution in [0.1, 0.15) is 24.8 Å². The number of rotatable bonds is 4. The molecule has 2 aliphatic rings.